The summed E-state index contributed by atoms with van der Waals surface area (Å²) in [6.45, 7) is 6.36. The van der Waals surface area contributed by atoms with Crippen molar-refractivity contribution < 1.29 is 19.4 Å². The number of halogens is 1. The fourth-order valence-electron chi connectivity index (χ4n) is 4.72. The molecule has 4 N–H and O–H groups in total. The van der Waals surface area contributed by atoms with E-state index in [0.717, 1.165) is 19.2 Å². The Kier molecular flexibility index (Phi) is 8.29. The van der Waals surface area contributed by atoms with Crippen molar-refractivity contribution in [3.63, 3.8) is 0 Å². The smallest absolute Gasteiger partial charge is 0.284 e. The zero-order valence-corrected chi connectivity index (χ0v) is 22.1. The lowest BCUT2D eigenvalue weighted by Gasteiger charge is -2.36. The van der Waals surface area contributed by atoms with Crippen molar-refractivity contribution in [2.45, 2.75) is 6.61 Å². The van der Waals surface area contributed by atoms with E-state index in [9.17, 15) is 14.7 Å². The van der Waals surface area contributed by atoms with Crippen LogP contribution in [0.2, 0.25) is 0 Å². The van der Waals surface area contributed by atoms with Gasteiger partial charge in [-0.1, -0.05) is 12.6 Å². The van der Waals surface area contributed by atoms with Gasteiger partial charge in [0, 0.05) is 50.3 Å². The van der Waals surface area contributed by atoms with Crippen LogP contribution >= 0.6 is 0 Å². The van der Waals surface area contributed by atoms with Gasteiger partial charge in [-0.15, -0.1) is 0 Å². The minimum Gasteiger partial charge on any atom is -0.395 e. The van der Waals surface area contributed by atoms with E-state index in [0.29, 0.717) is 42.4 Å². The largest absolute Gasteiger partial charge is 0.395 e. The Labute approximate surface area is 234 Å². The summed E-state index contributed by atoms with van der Waals surface area (Å²) in [7, 11) is 0. The number of fused-ring (bicyclic) bond motifs is 1. The summed E-state index contributed by atoms with van der Waals surface area (Å²) in [4.78, 5) is 41.3. The Balaban J connectivity index is 1.46. The van der Waals surface area contributed by atoms with Crippen molar-refractivity contribution in [3.05, 3.63) is 83.3 Å². The number of carbonyl (C=O) groups is 1. The molecule has 1 fully saturated rings. The SMILES string of the molecule is C=CC(=O)Nc1cccc(-n2c(CO)nc(=O)c3cnc(Nc4ccc(N5CCN(CCO)CC5)c(F)c4)nc32)c1. The number of aliphatic hydroxyl groups is 2. The van der Waals surface area contributed by atoms with E-state index in [1.807, 2.05) is 4.90 Å². The molecular formula is C28H29FN8O4. The predicted octanol–water partition coefficient (Wildman–Crippen LogP) is 1.79. The topological polar surface area (TPSA) is 149 Å². The zero-order chi connectivity index (χ0) is 28.9. The quantitative estimate of drug-likeness (QED) is 0.223. The first kappa shape index (κ1) is 27.8. The first-order chi connectivity index (χ1) is 19.9. The van der Waals surface area contributed by atoms with Crippen LogP contribution in [0.4, 0.5) is 27.4 Å². The van der Waals surface area contributed by atoms with E-state index in [-0.39, 0.29) is 29.4 Å². The molecule has 0 spiro atoms. The van der Waals surface area contributed by atoms with Gasteiger partial charge in [0.25, 0.3) is 5.56 Å². The molecule has 41 heavy (non-hydrogen) atoms. The van der Waals surface area contributed by atoms with E-state index >= 15 is 4.39 Å². The lowest BCUT2D eigenvalue weighted by molar-refractivity contribution is -0.111. The van der Waals surface area contributed by atoms with Gasteiger partial charge in [-0.25, -0.2) is 9.37 Å². The Morgan fingerprint density at radius 2 is 1.88 bits per heavy atom. The molecule has 0 aliphatic carbocycles. The summed E-state index contributed by atoms with van der Waals surface area (Å²) >= 11 is 0. The van der Waals surface area contributed by atoms with Crippen LogP contribution in [0.3, 0.4) is 0 Å². The van der Waals surface area contributed by atoms with Crippen molar-refractivity contribution in [2.75, 3.05) is 54.9 Å². The number of aromatic nitrogens is 4. The normalized spacial score (nSPS) is 13.8. The Hall–Kier alpha value is -4.72. The Morgan fingerprint density at radius 1 is 1.07 bits per heavy atom. The van der Waals surface area contributed by atoms with Gasteiger partial charge in [0.2, 0.25) is 11.9 Å². The number of piperazine rings is 1. The van der Waals surface area contributed by atoms with Gasteiger partial charge in [-0.2, -0.15) is 9.97 Å². The maximum Gasteiger partial charge on any atom is 0.284 e. The molecule has 1 amide bonds. The fraction of sp³-hybridized carbons (Fsp3) is 0.250. The third-order valence-electron chi connectivity index (χ3n) is 6.73. The highest BCUT2D eigenvalue weighted by Gasteiger charge is 2.20. The molecule has 0 saturated carbocycles. The number of hydrogen-bond donors (Lipinski definition) is 4. The molecule has 1 saturated heterocycles. The van der Waals surface area contributed by atoms with Gasteiger partial charge >= 0.3 is 0 Å². The van der Waals surface area contributed by atoms with Crippen molar-refractivity contribution in [3.8, 4) is 5.69 Å². The lowest BCUT2D eigenvalue weighted by atomic mass is 10.2. The molecule has 212 valence electrons. The van der Waals surface area contributed by atoms with E-state index in [2.05, 4.69) is 37.1 Å². The van der Waals surface area contributed by atoms with Crippen LogP contribution in [0.25, 0.3) is 16.7 Å². The zero-order valence-electron chi connectivity index (χ0n) is 22.1. The molecule has 2 aromatic carbocycles. The summed E-state index contributed by atoms with van der Waals surface area (Å²) in [5.74, 6) is -0.674. The molecular weight excluding hydrogens is 531 g/mol. The Morgan fingerprint density at radius 3 is 2.59 bits per heavy atom. The number of anilines is 4. The van der Waals surface area contributed by atoms with Gasteiger partial charge in [-0.3, -0.25) is 19.1 Å². The van der Waals surface area contributed by atoms with Crippen LogP contribution in [-0.2, 0) is 11.4 Å². The van der Waals surface area contributed by atoms with Crippen molar-refractivity contribution >= 4 is 40.0 Å². The second kappa shape index (κ2) is 12.2. The summed E-state index contributed by atoms with van der Waals surface area (Å²) < 4.78 is 16.6. The number of benzene rings is 2. The second-order valence-corrected chi connectivity index (χ2v) is 9.34. The lowest BCUT2D eigenvalue weighted by Crippen LogP contribution is -2.47. The third-order valence-corrected chi connectivity index (χ3v) is 6.73. The minimum absolute atomic E-state index is 0.0360. The van der Waals surface area contributed by atoms with Gasteiger partial charge in [0.05, 0.1) is 18.0 Å². The van der Waals surface area contributed by atoms with Gasteiger partial charge in [0.15, 0.2) is 5.65 Å². The summed E-state index contributed by atoms with van der Waals surface area (Å²) in [5, 5.41) is 24.9. The van der Waals surface area contributed by atoms with Gasteiger partial charge in [0.1, 0.15) is 23.6 Å². The van der Waals surface area contributed by atoms with E-state index in [1.54, 1.807) is 36.4 Å². The van der Waals surface area contributed by atoms with Crippen molar-refractivity contribution in [1.82, 2.24) is 24.4 Å². The first-order valence-corrected chi connectivity index (χ1v) is 13.0. The second-order valence-electron chi connectivity index (χ2n) is 9.34. The van der Waals surface area contributed by atoms with E-state index in [1.165, 1.54) is 16.8 Å². The van der Waals surface area contributed by atoms with Crippen LogP contribution in [0.15, 0.2) is 66.1 Å². The van der Waals surface area contributed by atoms with Crippen molar-refractivity contribution in [1.29, 1.82) is 0 Å². The molecule has 2 aromatic heterocycles. The van der Waals surface area contributed by atoms with Gasteiger partial charge in [-0.05, 0) is 42.5 Å². The third kappa shape index (κ3) is 6.06. The average molecular weight is 561 g/mol. The molecule has 13 heteroatoms. The predicted molar refractivity (Wildman–Crippen MR) is 153 cm³/mol. The molecule has 3 heterocycles. The molecule has 0 bridgehead atoms. The molecule has 0 atom stereocenters. The standard InChI is InChI=1S/C28H29FN8O4/c1-2-25(40)31-18-4-3-5-20(14-18)37-24(17-39)33-27(41)21-16-30-28(34-26(21)37)32-19-6-7-23(22(29)15-19)36-10-8-35(9-11-36)12-13-38/h2-7,14-16,38-39H,1,8-13,17H2,(H,31,40)(H,30,32,34). The van der Waals surface area contributed by atoms with E-state index in [4.69, 9.17) is 5.11 Å². The summed E-state index contributed by atoms with van der Waals surface area (Å²) in [6.07, 6.45) is 2.46. The number of carbonyl (C=O) groups excluding carboxylic acids is 1. The van der Waals surface area contributed by atoms with Crippen LogP contribution < -0.4 is 21.1 Å². The summed E-state index contributed by atoms with van der Waals surface area (Å²) in [5.41, 5.74) is 1.38. The highest BCUT2D eigenvalue weighted by Crippen LogP contribution is 2.26. The Bertz CT molecular complexity index is 1650. The average Bonchev–Trinajstić information content (AvgIpc) is 2.98. The minimum atomic E-state index is -0.613. The maximum atomic E-state index is 15.1. The number of nitrogens with zero attached hydrogens (tertiary/aromatic N) is 6. The van der Waals surface area contributed by atoms with Crippen LogP contribution in [0, 0.1) is 5.82 Å². The monoisotopic (exact) mass is 560 g/mol. The molecule has 12 nitrogen and oxygen atoms in total. The van der Waals surface area contributed by atoms with Crippen LogP contribution in [-0.4, -0.2) is 79.9 Å². The molecule has 1 aliphatic heterocycles. The highest BCUT2D eigenvalue weighted by atomic mass is 19.1. The number of aliphatic hydroxyl groups excluding tert-OH is 2. The molecule has 4 aromatic rings. The van der Waals surface area contributed by atoms with Crippen LogP contribution in [0.1, 0.15) is 5.82 Å². The molecule has 5 rings (SSSR count). The molecule has 0 unspecified atom stereocenters. The van der Waals surface area contributed by atoms with Crippen molar-refractivity contribution in [2.24, 2.45) is 0 Å². The van der Waals surface area contributed by atoms with Gasteiger partial charge < -0.3 is 25.7 Å². The number of amides is 1. The number of rotatable bonds is 9. The fourth-order valence-corrected chi connectivity index (χ4v) is 4.72. The maximum absolute atomic E-state index is 15.1. The number of hydrogen-bond acceptors (Lipinski definition) is 10. The van der Waals surface area contributed by atoms with Crippen LogP contribution in [0.5, 0.6) is 0 Å². The number of β-amino-alcohol motifs (C(OH)–C–C–N with tert-alkyl or cyclic N) is 1. The molecule has 1 aliphatic rings. The van der Waals surface area contributed by atoms with E-state index < -0.39 is 23.9 Å². The summed E-state index contributed by atoms with van der Waals surface area (Å²) in [6, 6.07) is 11.5. The number of nitrogens with one attached hydrogen (secondary N) is 2. The first-order valence-electron chi connectivity index (χ1n) is 13.0. The highest BCUT2D eigenvalue weighted by molar-refractivity contribution is 5.99. The molecule has 0 radical (unpaired) electrons.